The maximum Gasteiger partial charge on any atom is 0.305 e. The van der Waals surface area contributed by atoms with E-state index in [1.54, 1.807) is 35.9 Å². The summed E-state index contributed by atoms with van der Waals surface area (Å²) in [6, 6.07) is 9.78. The molecule has 1 aliphatic heterocycles. The molecule has 0 atom stereocenters. The summed E-state index contributed by atoms with van der Waals surface area (Å²) in [5.74, 6) is -2.56. The zero-order valence-corrected chi connectivity index (χ0v) is 23.4. The standard InChI is InChI=1S/C29H27ClF3N5O3/c1-16-5-4-6-19(31)28(16)36(2)25-15-22(18-12-20(32)27(30)21(33)13-18)34-24-14-23(35-38(24)25)29(40)37-9-7-17(8-10-37)11-26(39)41-3/h4-6,12-15,17H,7-11H2,1-3H3. The average Bonchev–Trinajstić information content (AvgIpc) is 3.39. The topological polar surface area (TPSA) is 80.0 Å². The van der Waals surface area contributed by atoms with Crippen LogP contribution in [0.3, 0.4) is 0 Å². The van der Waals surface area contributed by atoms with Gasteiger partial charge in [-0.1, -0.05) is 23.7 Å². The van der Waals surface area contributed by atoms with Crippen LogP contribution >= 0.6 is 11.6 Å². The Labute approximate surface area is 239 Å². The number of carbonyl (C=O) groups excluding carboxylic acids is 2. The second-order valence-corrected chi connectivity index (χ2v) is 10.4. The predicted octanol–water partition coefficient (Wildman–Crippen LogP) is 5.96. The lowest BCUT2D eigenvalue weighted by atomic mass is 9.93. The van der Waals surface area contributed by atoms with Gasteiger partial charge in [0.1, 0.15) is 28.3 Å². The van der Waals surface area contributed by atoms with Gasteiger partial charge in [-0.3, -0.25) is 9.59 Å². The minimum Gasteiger partial charge on any atom is -0.469 e. The van der Waals surface area contributed by atoms with Crippen molar-refractivity contribution in [1.82, 2.24) is 19.5 Å². The molecule has 3 heterocycles. The quantitative estimate of drug-likeness (QED) is 0.205. The van der Waals surface area contributed by atoms with Gasteiger partial charge in [-0.05, 0) is 49.4 Å². The summed E-state index contributed by atoms with van der Waals surface area (Å²) >= 11 is 5.68. The van der Waals surface area contributed by atoms with Gasteiger partial charge >= 0.3 is 5.97 Å². The minimum absolute atomic E-state index is 0.105. The van der Waals surface area contributed by atoms with Crippen LogP contribution in [-0.4, -0.2) is 58.6 Å². The van der Waals surface area contributed by atoms with Crippen molar-refractivity contribution >= 4 is 40.6 Å². The molecule has 1 amide bonds. The molecule has 0 saturated carbocycles. The number of likely N-dealkylation sites (tertiary alicyclic amines) is 1. The zero-order chi connectivity index (χ0) is 29.4. The Morgan fingerprint density at radius 3 is 2.39 bits per heavy atom. The van der Waals surface area contributed by atoms with Gasteiger partial charge in [0.2, 0.25) is 0 Å². The van der Waals surface area contributed by atoms with Crippen molar-refractivity contribution < 1.29 is 27.5 Å². The van der Waals surface area contributed by atoms with E-state index in [0.29, 0.717) is 43.7 Å². The molecule has 0 aliphatic carbocycles. The molecule has 0 spiro atoms. The Bertz CT molecular complexity index is 1610. The number of aryl methyl sites for hydroxylation is 1. The first-order valence-corrected chi connectivity index (χ1v) is 13.4. The minimum atomic E-state index is -0.955. The number of hydrogen-bond acceptors (Lipinski definition) is 6. The molecule has 214 valence electrons. The molecule has 0 N–H and O–H groups in total. The number of methoxy groups -OCH3 is 1. The molecule has 0 radical (unpaired) electrons. The van der Waals surface area contributed by atoms with Crippen molar-refractivity contribution in [2.75, 3.05) is 32.1 Å². The van der Waals surface area contributed by atoms with Gasteiger partial charge in [-0.25, -0.2) is 18.2 Å². The van der Waals surface area contributed by atoms with Crippen LogP contribution in [0.2, 0.25) is 5.02 Å². The highest BCUT2D eigenvalue weighted by Crippen LogP contribution is 2.34. The van der Waals surface area contributed by atoms with E-state index in [4.69, 9.17) is 16.3 Å². The lowest BCUT2D eigenvalue weighted by Gasteiger charge is -2.31. The first kappa shape index (κ1) is 28.4. The van der Waals surface area contributed by atoms with Crippen LogP contribution in [-0.2, 0) is 9.53 Å². The summed E-state index contributed by atoms with van der Waals surface area (Å²) in [5.41, 5.74) is 1.50. The van der Waals surface area contributed by atoms with Gasteiger partial charge in [0, 0.05) is 44.3 Å². The Morgan fingerprint density at radius 2 is 1.76 bits per heavy atom. The number of nitrogens with zero attached hydrogens (tertiary/aromatic N) is 5. The number of ether oxygens (including phenoxy) is 1. The molecule has 0 unspecified atom stereocenters. The SMILES string of the molecule is COC(=O)CC1CCN(C(=O)c2cc3nc(-c4cc(F)c(Cl)c(F)c4)cc(N(C)c4c(C)cccc4F)n3n2)CC1. The summed E-state index contributed by atoms with van der Waals surface area (Å²) in [6.45, 7) is 2.63. The number of esters is 1. The van der Waals surface area contributed by atoms with Crippen molar-refractivity contribution in [2.24, 2.45) is 5.92 Å². The van der Waals surface area contributed by atoms with Crippen molar-refractivity contribution in [3.63, 3.8) is 0 Å². The number of halogens is 4. The first-order chi connectivity index (χ1) is 19.6. The molecule has 4 aromatic rings. The molecule has 0 bridgehead atoms. The van der Waals surface area contributed by atoms with E-state index in [0.717, 1.165) is 12.1 Å². The molecular formula is C29H27ClF3N5O3. The van der Waals surface area contributed by atoms with Gasteiger partial charge < -0.3 is 14.5 Å². The molecule has 12 heteroatoms. The van der Waals surface area contributed by atoms with Crippen LogP contribution in [0.1, 0.15) is 35.3 Å². The number of carbonyl (C=O) groups is 2. The van der Waals surface area contributed by atoms with E-state index in [-0.39, 0.29) is 46.1 Å². The molecule has 1 aliphatic rings. The largest absolute Gasteiger partial charge is 0.469 e. The van der Waals surface area contributed by atoms with E-state index < -0.39 is 22.5 Å². The van der Waals surface area contributed by atoms with Crippen molar-refractivity contribution in [2.45, 2.75) is 26.2 Å². The number of benzene rings is 2. The summed E-state index contributed by atoms with van der Waals surface area (Å²) in [6.07, 6.45) is 1.59. The van der Waals surface area contributed by atoms with E-state index in [1.165, 1.54) is 29.8 Å². The van der Waals surface area contributed by atoms with Gasteiger partial charge in [0.05, 0.1) is 18.5 Å². The van der Waals surface area contributed by atoms with Gasteiger partial charge in [-0.2, -0.15) is 9.61 Å². The molecule has 2 aromatic carbocycles. The third-order valence-corrected chi connectivity index (χ3v) is 7.72. The molecule has 2 aromatic heterocycles. The highest BCUT2D eigenvalue weighted by atomic mass is 35.5. The van der Waals surface area contributed by atoms with E-state index in [2.05, 4.69) is 10.1 Å². The summed E-state index contributed by atoms with van der Waals surface area (Å²) < 4.78 is 49.8. The molecule has 1 fully saturated rings. The Kier molecular flexibility index (Phi) is 7.90. The van der Waals surface area contributed by atoms with E-state index >= 15 is 0 Å². The Hall–Kier alpha value is -4.12. The first-order valence-electron chi connectivity index (χ1n) is 13.0. The van der Waals surface area contributed by atoms with Crippen molar-refractivity contribution in [3.05, 3.63) is 76.2 Å². The molecule has 41 heavy (non-hydrogen) atoms. The number of amides is 1. The maximum absolute atomic E-state index is 15.0. The van der Waals surface area contributed by atoms with E-state index in [1.807, 2.05) is 0 Å². The molecule has 1 saturated heterocycles. The number of aromatic nitrogens is 3. The predicted molar refractivity (Wildman–Crippen MR) is 148 cm³/mol. The van der Waals surface area contributed by atoms with Crippen molar-refractivity contribution in [1.29, 1.82) is 0 Å². The molecule has 5 rings (SSSR count). The second kappa shape index (κ2) is 11.4. The number of piperidine rings is 1. The van der Waals surface area contributed by atoms with Crippen LogP contribution in [0.4, 0.5) is 24.7 Å². The number of anilines is 2. The smallest absolute Gasteiger partial charge is 0.305 e. The third kappa shape index (κ3) is 5.58. The normalized spacial score (nSPS) is 14.0. The Balaban J connectivity index is 1.56. The Morgan fingerprint density at radius 1 is 1.07 bits per heavy atom. The highest BCUT2D eigenvalue weighted by Gasteiger charge is 2.28. The van der Waals surface area contributed by atoms with Crippen LogP contribution in [0.25, 0.3) is 16.9 Å². The average molecular weight is 586 g/mol. The monoisotopic (exact) mass is 585 g/mol. The maximum atomic E-state index is 15.0. The molecular weight excluding hydrogens is 559 g/mol. The zero-order valence-electron chi connectivity index (χ0n) is 22.6. The fourth-order valence-electron chi connectivity index (χ4n) is 5.14. The van der Waals surface area contributed by atoms with Crippen LogP contribution in [0.5, 0.6) is 0 Å². The van der Waals surface area contributed by atoms with Gasteiger partial charge in [-0.15, -0.1) is 0 Å². The van der Waals surface area contributed by atoms with Gasteiger partial charge in [0.25, 0.3) is 5.91 Å². The fourth-order valence-corrected chi connectivity index (χ4v) is 5.25. The second-order valence-electron chi connectivity index (χ2n) is 10.0. The fraction of sp³-hybridized carbons (Fsp3) is 0.310. The number of rotatable bonds is 6. The van der Waals surface area contributed by atoms with Crippen LogP contribution < -0.4 is 4.90 Å². The summed E-state index contributed by atoms with van der Waals surface area (Å²) in [5, 5.41) is 3.88. The number of para-hydroxylation sites is 1. The lowest BCUT2D eigenvalue weighted by molar-refractivity contribution is -0.142. The van der Waals surface area contributed by atoms with Gasteiger partial charge in [0.15, 0.2) is 11.3 Å². The summed E-state index contributed by atoms with van der Waals surface area (Å²) in [7, 11) is 2.98. The van der Waals surface area contributed by atoms with Crippen molar-refractivity contribution in [3.8, 4) is 11.3 Å². The number of hydrogen-bond donors (Lipinski definition) is 0. The lowest BCUT2D eigenvalue weighted by Crippen LogP contribution is -2.39. The molecule has 8 nitrogen and oxygen atoms in total. The summed E-state index contributed by atoms with van der Waals surface area (Å²) in [4.78, 5) is 32.8. The number of fused-ring (bicyclic) bond motifs is 1. The van der Waals surface area contributed by atoms with E-state index in [9.17, 15) is 22.8 Å². The third-order valence-electron chi connectivity index (χ3n) is 7.36. The van der Waals surface area contributed by atoms with Crippen LogP contribution in [0, 0.1) is 30.3 Å². The van der Waals surface area contributed by atoms with Crippen LogP contribution in [0.15, 0.2) is 42.5 Å². The highest BCUT2D eigenvalue weighted by molar-refractivity contribution is 6.31.